The molecule has 1 unspecified atom stereocenters. The van der Waals surface area contributed by atoms with Crippen LogP contribution >= 0.6 is 0 Å². The van der Waals surface area contributed by atoms with Gasteiger partial charge in [0, 0.05) is 55.7 Å². The first-order valence-electron chi connectivity index (χ1n) is 17.3. The molecular weight excluding hydrogens is 678 g/mol. The normalized spacial score (nSPS) is 19.8. The van der Waals surface area contributed by atoms with E-state index in [-0.39, 0.29) is 47.5 Å². The van der Waals surface area contributed by atoms with E-state index in [2.05, 4.69) is 56.7 Å². The summed E-state index contributed by atoms with van der Waals surface area (Å²) in [5.41, 5.74) is 3.79. The summed E-state index contributed by atoms with van der Waals surface area (Å²) in [5.74, 6) is 0.200. The largest absolute Gasteiger partial charge is 0.490 e. The summed E-state index contributed by atoms with van der Waals surface area (Å²) < 4.78 is 17.1. The number of amides is 4. The first-order chi connectivity index (χ1) is 25.5. The van der Waals surface area contributed by atoms with Crippen LogP contribution in [-0.4, -0.2) is 66.8 Å². The number of hydrogen-bond acceptors (Lipinski definition) is 12. The molecule has 2 aromatic heterocycles. The molecule has 4 amide bonds. The van der Waals surface area contributed by atoms with Gasteiger partial charge in [0.1, 0.15) is 23.6 Å². The molecule has 3 aliphatic rings. The van der Waals surface area contributed by atoms with Gasteiger partial charge in [-0.25, -0.2) is 9.97 Å². The predicted octanol–water partition coefficient (Wildman–Crippen LogP) is 5.38. The number of ether oxygens (including phenoxy) is 2. The molecule has 1 saturated carbocycles. The molecule has 14 nitrogen and oxygen atoms in total. The first-order valence-corrected chi connectivity index (χ1v) is 17.3. The monoisotopic (exact) mass is 713 g/mol. The summed E-state index contributed by atoms with van der Waals surface area (Å²) in [6.45, 7) is 6.05. The average Bonchev–Trinajstić information content (AvgIpc) is 3.68. The number of rotatable bonds is 10. The molecular formula is C39H35N7O7. The standard InChI is InChI=1S/C39H35N7O7/c1-21-42-34(45-53-21)22-19-40-38(41-20-22)52-28-11-6-24(7-12-28)39(2,3)23-4-9-27(10-5-23)51-29-16-26(17-29)43-25-8-13-30-31(18-25)37(50)46(36(30)49)32-14-15-33(47)44-35(32)48/h4-13,18-20,26,29,32,43H,14-17H2,1-3H3,(H,44,47,48)/t26-,29-,32?. The number of imide groups is 2. The third-order valence-electron chi connectivity index (χ3n) is 9.98. The molecule has 1 saturated heterocycles. The van der Waals surface area contributed by atoms with Crippen LogP contribution in [0.15, 0.2) is 83.6 Å². The van der Waals surface area contributed by atoms with Gasteiger partial charge in [-0.15, -0.1) is 0 Å². The maximum atomic E-state index is 13.2. The van der Waals surface area contributed by atoms with Gasteiger partial charge in [-0.3, -0.25) is 29.4 Å². The molecule has 14 heteroatoms. The van der Waals surface area contributed by atoms with E-state index in [1.165, 1.54) is 0 Å². The number of anilines is 1. The molecule has 1 aliphatic carbocycles. The Morgan fingerprint density at radius 1 is 0.868 bits per heavy atom. The Labute approximate surface area is 303 Å². The molecule has 2 N–H and O–H groups in total. The van der Waals surface area contributed by atoms with Crippen molar-refractivity contribution in [2.75, 3.05) is 5.32 Å². The molecule has 0 spiro atoms. The van der Waals surface area contributed by atoms with Crippen LogP contribution in [-0.2, 0) is 15.0 Å². The number of benzene rings is 3. The fourth-order valence-electron chi connectivity index (χ4n) is 6.83. The Morgan fingerprint density at radius 3 is 2.17 bits per heavy atom. The highest BCUT2D eigenvalue weighted by molar-refractivity contribution is 6.23. The molecule has 0 bridgehead atoms. The van der Waals surface area contributed by atoms with Gasteiger partial charge < -0.3 is 19.3 Å². The van der Waals surface area contributed by atoms with Crippen molar-refractivity contribution in [3.63, 3.8) is 0 Å². The van der Waals surface area contributed by atoms with E-state index >= 15 is 0 Å². The van der Waals surface area contributed by atoms with E-state index < -0.39 is 29.7 Å². The fourth-order valence-corrected chi connectivity index (χ4v) is 6.83. The fraction of sp³-hybridized carbons (Fsp3) is 0.282. The van der Waals surface area contributed by atoms with Crippen molar-refractivity contribution in [1.29, 1.82) is 0 Å². The van der Waals surface area contributed by atoms with Gasteiger partial charge in [0.05, 0.1) is 16.7 Å². The van der Waals surface area contributed by atoms with Crippen molar-refractivity contribution in [3.8, 4) is 28.9 Å². The molecule has 2 fully saturated rings. The number of nitrogens with zero attached hydrogens (tertiary/aromatic N) is 5. The highest BCUT2D eigenvalue weighted by Crippen LogP contribution is 2.36. The number of fused-ring (bicyclic) bond motifs is 1. The van der Waals surface area contributed by atoms with Crippen LogP contribution < -0.4 is 20.1 Å². The van der Waals surface area contributed by atoms with Crippen molar-refractivity contribution in [2.24, 2.45) is 0 Å². The zero-order valence-corrected chi connectivity index (χ0v) is 29.2. The van der Waals surface area contributed by atoms with E-state index in [0.29, 0.717) is 28.7 Å². The second-order valence-corrected chi connectivity index (χ2v) is 13.9. The first kappa shape index (κ1) is 33.7. The Bertz CT molecular complexity index is 2230. The van der Waals surface area contributed by atoms with Gasteiger partial charge in [-0.05, 0) is 60.0 Å². The molecule has 1 atom stereocenters. The van der Waals surface area contributed by atoms with Gasteiger partial charge in [0.15, 0.2) is 0 Å². The maximum absolute atomic E-state index is 13.2. The summed E-state index contributed by atoms with van der Waals surface area (Å²) in [5, 5.41) is 9.53. The van der Waals surface area contributed by atoms with Gasteiger partial charge in [-0.2, -0.15) is 4.98 Å². The SMILES string of the molecule is Cc1nc(-c2cnc(Oc3ccc(C(C)(C)c4ccc(O[C@H]5C[C@H](Nc6ccc7c(c6)C(=O)N(C6CCC(=O)NC6=O)C7=O)C5)cc4)cc3)nc2)no1. The lowest BCUT2D eigenvalue weighted by atomic mass is 9.78. The van der Waals surface area contributed by atoms with E-state index in [4.69, 9.17) is 14.0 Å². The van der Waals surface area contributed by atoms with Crippen molar-refractivity contribution in [1.82, 2.24) is 30.3 Å². The second kappa shape index (κ2) is 13.3. The number of aromatic nitrogens is 4. The number of nitrogens with one attached hydrogen (secondary N) is 2. The van der Waals surface area contributed by atoms with Gasteiger partial charge >= 0.3 is 6.01 Å². The minimum atomic E-state index is -0.991. The lowest BCUT2D eigenvalue weighted by molar-refractivity contribution is -0.136. The third kappa shape index (κ3) is 6.59. The van der Waals surface area contributed by atoms with E-state index in [9.17, 15) is 19.2 Å². The van der Waals surface area contributed by atoms with Gasteiger partial charge in [0.25, 0.3) is 11.8 Å². The summed E-state index contributed by atoms with van der Waals surface area (Å²) in [7, 11) is 0. The molecule has 8 rings (SSSR count). The molecule has 53 heavy (non-hydrogen) atoms. The quantitative estimate of drug-likeness (QED) is 0.177. The zero-order chi connectivity index (χ0) is 36.9. The minimum Gasteiger partial charge on any atom is -0.490 e. The summed E-state index contributed by atoms with van der Waals surface area (Å²) in [6, 6.07) is 20.4. The average molecular weight is 714 g/mol. The van der Waals surface area contributed by atoms with E-state index in [0.717, 1.165) is 34.6 Å². The molecule has 4 heterocycles. The summed E-state index contributed by atoms with van der Waals surface area (Å²) in [6.07, 6.45) is 4.93. The van der Waals surface area contributed by atoms with Crippen molar-refractivity contribution in [2.45, 2.75) is 70.1 Å². The number of carbonyl (C=O) groups excluding carboxylic acids is 4. The van der Waals surface area contributed by atoms with E-state index in [1.807, 2.05) is 36.4 Å². The predicted molar refractivity (Wildman–Crippen MR) is 189 cm³/mol. The Morgan fingerprint density at radius 2 is 1.53 bits per heavy atom. The van der Waals surface area contributed by atoms with Crippen LogP contribution in [0.3, 0.4) is 0 Å². The summed E-state index contributed by atoms with van der Waals surface area (Å²) >= 11 is 0. The van der Waals surface area contributed by atoms with Gasteiger partial charge in [0.2, 0.25) is 23.5 Å². The van der Waals surface area contributed by atoms with Crippen LogP contribution in [0, 0.1) is 6.92 Å². The highest BCUT2D eigenvalue weighted by atomic mass is 16.5. The number of aryl methyl sites for hydroxylation is 1. The molecule has 0 radical (unpaired) electrons. The minimum absolute atomic E-state index is 0.0305. The third-order valence-corrected chi connectivity index (χ3v) is 9.98. The maximum Gasteiger partial charge on any atom is 0.321 e. The van der Waals surface area contributed by atoms with Crippen LogP contribution in [0.1, 0.15) is 77.3 Å². The lowest BCUT2D eigenvalue weighted by Gasteiger charge is -2.36. The van der Waals surface area contributed by atoms with Gasteiger partial charge in [-0.1, -0.05) is 43.3 Å². The van der Waals surface area contributed by atoms with Crippen molar-refractivity contribution >= 4 is 29.3 Å². The van der Waals surface area contributed by atoms with Crippen LogP contribution in [0.2, 0.25) is 0 Å². The summed E-state index contributed by atoms with van der Waals surface area (Å²) in [4.78, 5) is 63.8. The topological polar surface area (TPSA) is 179 Å². The van der Waals surface area contributed by atoms with Crippen molar-refractivity contribution in [3.05, 3.63) is 107 Å². The van der Waals surface area contributed by atoms with E-state index in [1.54, 1.807) is 37.5 Å². The Hall–Kier alpha value is -6.44. The zero-order valence-electron chi connectivity index (χ0n) is 29.2. The highest BCUT2D eigenvalue weighted by Gasteiger charge is 2.45. The number of hydrogen-bond donors (Lipinski definition) is 2. The Balaban J connectivity index is 0.829. The smallest absolute Gasteiger partial charge is 0.321 e. The molecule has 2 aliphatic heterocycles. The van der Waals surface area contributed by atoms with Crippen molar-refractivity contribution < 1.29 is 33.2 Å². The number of carbonyl (C=O) groups is 4. The molecule has 3 aromatic carbocycles. The molecule has 268 valence electrons. The Kier molecular flexibility index (Phi) is 8.44. The second-order valence-electron chi connectivity index (χ2n) is 13.9. The molecule has 5 aromatic rings. The lowest BCUT2D eigenvalue weighted by Crippen LogP contribution is -2.54. The van der Waals surface area contributed by atoms with Crippen LogP contribution in [0.5, 0.6) is 17.5 Å². The number of piperidine rings is 1. The van der Waals surface area contributed by atoms with Crippen LogP contribution in [0.4, 0.5) is 5.69 Å². The van der Waals surface area contributed by atoms with Crippen LogP contribution in [0.25, 0.3) is 11.4 Å².